The standard InChI is InChI=1S/C18H11ClO6/c1-9-13(5-3-11-16(20)12(19)7-22-17(9)11)25-18(21)10-2-4-14-15(6-10)24-8-23-14/h2-7H,8H2,1H3. The lowest BCUT2D eigenvalue weighted by atomic mass is 10.1. The first kappa shape index (κ1) is 15.5. The number of benzene rings is 2. The van der Waals surface area contributed by atoms with Gasteiger partial charge in [-0.05, 0) is 37.3 Å². The van der Waals surface area contributed by atoms with Gasteiger partial charge in [-0.25, -0.2) is 4.79 Å². The van der Waals surface area contributed by atoms with Crippen LogP contribution >= 0.6 is 11.6 Å². The minimum absolute atomic E-state index is 0.00277. The molecule has 0 bridgehead atoms. The molecule has 0 saturated heterocycles. The lowest BCUT2D eigenvalue weighted by Gasteiger charge is -2.09. The second kappa shape index (κ2) is 5.82. The Hall–Kier alpha value is -2.99. The normalized spacial score (nSPS) is 12.4. The van der Waals surface area contributed by atoms with Gasteiger partial charge in [-0.1, -0.05) is 11.6 Å². The van der Waals surface area contributed by atoms with Crippen molar-refractivity contribution >= 4 is 28.5 Å². The summed E-state index contributed by atoms with van der Waals surface area (Å²) in [5.41, 5.74) is 0.840. The third-order valence-corrected chi connectivity index (χ3v) is 4.17. The number of fused-ring (bicyclic) bond motifs is 2. The van der Waals surface area contributed by atoms with Crippen LogP contribution in [0.1, 0.15) is 15.9 Å². The quantitative estimate of drug-likeness (QED) is 0.513. The highest BCUT2D eigenvalue weighted by atomic mass is 35.5. The van der Waals surface area contributed by atoms with Crippen molar-refractivity contribution in [2.24, 2.45) is 0 Å². The van der Waals surface area contributed by atoms with Crippen LogP contribution in [0.2, 0.25) is 5.02 Å². The molecule has 7 heteroatoms. The maximum Gasteiger partial charge on any atom is 0.343 e. The third-order valence-electron chi connectivity index (χ3n) is 3.91. The highest BCUT2D eigenvalue weighted by molar-refractivity contribution is 6.30. The molecule has 0 unspecified atom stereocenters. The van der Waals surface area contributed by atoms with E-state index in [1.165, 1.54) is 18.4 Å². The number of carbonyl (C=O) groups is 1. The van der Waals surface area contributed by atoms with Gasteiger partial charge in [0.2, 0.25) is 12.2 Å². The predicted molar refractivity (Wildman–Crippen MR) is 89.8 cm³/mol. The van der Waals surface area contributed by atoms with Gasteiger partial charge in [0.25, 0.3) is 0 Å². The number of carbonyl (C=O) groups excluding carboxylic acids is 1. The highest BCUT2D eigenvalue weighted by Gasteiger charge is 2.19. The van der Waals surface area contributed by atoms with E-state index >= 15 is 0 Å². The zero-order valence-corrected chi connectivity index (χ0v) is 13.8. The van der Waals surface area contributed by atoms with E-state index in [1.54, 1.807) is 25.1 Å². The molecule has 1 aliphatic heterocycles. The Kier molecular flexibility index (Phi) is 3.62. The molecule has 25 heavy (non-hydrogen) atoms. The number of hydrogen-bond donors (Lipinski definition) is 0. The highest BCUT2D eigenvalue weighted by Crippen LogP contribution is 2.33. The first-order valence-electron chi connectivity index (χ1n) is 7.37. The smallest absolute Gasteiger partial charge is 0.343 e. The first-order valence-corrected chi connectivity index (χ1v) is 7.75. The van der Waals surface area contributed by atoms with Gasteiger partial charge in [-0.3, -0.25) is 4.79 Å². The molecule has 126 valence electrons. The fourth-order valence-corrected chi connectivity index (χ4v) is 2.74. The van der Waals surface area contributed by atoms with E-state index in [1.807, 2.05) is 0 Å². The second-order valence-corrected chi connectivity index (χ2v) is 5.84. The molecule has 0 saturated carbocycles. The topological polar surface area (TPSA) is 75.0 Å². The maximum atomic E-state index is 12.4. The van der Waals surface area contributed by atoms with Crippen molar-refractivity contribution in [2.45, 2.75) is 6.92 Å². The van der Waals surface area contributed by atoms with Gasteiger partial charge in [0.1, 0.15) is 22.6 Å². The molecule has 0 radical (unpaired) electrons. The Morgan fingerprint density at radius 2 is 1.96 bits per heavy atom. The summed E-state index contributed by atoms with van der Waals surface area (Å²) in [7, 11) is 0. The largest absolute Gasteiger partial charge is 0.462 e. The van der Waals surface area contributed by atoms with Gasteiger partial charge in [0, 0.05) is 5.56 Å². The van der Waals surface area contributed by atoms with E-state index in [4.69, 9.17) is 30.2 Å². The van der Waals surface area contributed by atoms with E-state index in [2.05, 4.69) is 0 Å². The molecular formula is C18H11ClO6. The minimum Gasteiger partial charge on any atom is -0.462 e. The average Bonchev–Trinajstić information content (AvgIpc) is 3.08. The van der Waals surface area contributed by atoms with Crippen molar-refractivity contribution in [3.05, 3.63) is 63.0 Å². The fourth-order valence-electron chi connectivity index (χ4n) is 2.59. The Balaban J connectivity index is 1.69. The summed E-state index contributed by atoms with van der Waals surface area (Å²) in [4.78, 5) is 24.4. The van der Waals surface area contributed by atoms with Crippen LogP contribution in [-0.4, -0.2) is 12.8 Å². The van der Waals surface area contributed by atoms with Gasteiger partial charge in [0.05, 0.1) is 10.9 Å². The molecule has 0 N–H and O–H groups in total. The average molecular weight is 359 g/mol. The van der Waals surface area contributed by atoms with Gasteiger partial charge in [0.15, 0.2) is 11.5 Å². The van der Waals surface area contributed by atoms with Gasteiger partial charge in [-0.2, -0.15) is 0 Å². The van der Waals surface area contributed by atoms with Crippen molar-refractivity contribution in [3.63, 3.8) is 0 Å². The molecule has 0 atom stereocenters. The summed E-state index contributed by atoms with van der Waals surface area (Å²) in [6.45, 7) is 1.82. The predicted octanol–water partition coefficient (Wildman–Crippen LogP) is 3.70. The molecule has 2 heterocycles. The molecule has 1 aromatic heterocycles. The Morgan fingerprint density at radius 1 is 1.16 bits per heavy atom. The molecule has 4 rings (SSSR count). The van der Waals surface area contributed by atoms with Crippen LogP contribution in [0, 0.1) is 6.92 Å². The summed E-state index contributed by atoms with van der Waals surface area (Å²) >= 11 is 5.78. The lowest BCUT2D eigenvalue weighted by Crippen LogP contribution is -2.10. The lowest BCUT2D eigenvalue weighted by molar-refractivity contribution is 0.0733. The SMILES string of the molecule is Cc1c(OC(=O)c2ccc3c(c2)OCO3)ccc2c(=O)c(Cl)coc12. The summed E-state index contributed by atoms with van der Waals surface area (Å²) in [5.74, 6) is 0.806. The summed E-state index contributed by atoms with van der Waals surface area (Å²) in [6, 6.07) is 7.85. The molecule has 0 aliphatic carbocycles. The van der Waals surface area contributed by atoms with E-state index in [0.29, 0.717) is 39.3 Å². The molecule has 3 aromatic rings. The monoisotopic (exact) mass is 358 g/mol. The number of esters is 1. The van der Waals surface area contributed by atoms with Crippen LogP contribution in [0.3, 0.4) is 0 Å². The van der Waals surface area contributed by atoms with Gasteiger partial charge >= 0.3 is 5.97 Å². The van der Waals surface area contributed by atoms with E-state index in [9.17, 15) is 9.59 Å². The van der Waals surface area contributed by atoms with Crippen molar-refractivity contribution in [1.29, 1.82) is 0 Å². The Morgan fingerprint density at radius 3 is 2.80 bits per heavy atom. The van der Waals surface area contributed by atoms with E-state index in [0.717, 1.165) is 0 Å². The number of halogens is 1. The molecule has 0 fully saturated rings. The number of aryl methyl sites for hydroxylation is 1. The van der Waals surface area contributed by atoms with Crippen LogP contribution in [0.5, 0.6) is 17.2 Å². The number of ether oxygens (including phenoxy) is 3. The van der Waals surface area contributed by atoms with E-state index < -0.39 is 5.97 Å². The van der Waals surface area contributed by atoms with Crippen molar-refractivity contribution < 1.29 is 23.4 Å². The van der Waals surface area contributed by atoms with Crippen LogP contribution in [-0.2, 0) is 0 Å². The van der Waals surface area contributed by atoms with E-state index in [-0.39, 0.29) is 17.2 Å². The Bertz CT molecular complexity index is 1070. The minimum atomic E-state index is -0.558. The fraction of sp³-hybridized carbons (Fsp3) is 0.111. The first-order chi connectivity index (χ1) is 12.0. The van der Waals surface area contributed by atoms with Gasteiger partial charge in [-0.15, -0.1) is 0 Å². The van der Waals surface area contributed by atoms with Gasteiger partial charge < -0.3 is 18.6 Å². The molecule has 0 spiro atoms. The van der Waals surface area contributed by atoms with Crippen LogP contribution in [0.25, 0.3) is 11.0 Å². The summed E-state index contributed by atoms with van der Waals surface area (Å²) in [6.07, 6.45) is 1.17. The molecule has 0 amide bonds. The van der Waals surface area contributed by atoms with Crippen LogP contribution < -0.4 is 19.6 Å². The second-order valence-electron chi connectivity index (χ2n) is 5.44. The molecule has 2 aromatic carbocycles. The molecule has 6 nitrogen and oxygen atoms in total. The van der Waals surface area contributed by atoms with Crippen molar-refractivity contribution in [1.82, 2.24) is 0 Å². The van der Waals surface area contributed by atoms with Crippen molar-refractivity contribution in [3.8, 4) is 17.2 Å². The number of rotatable bonds is 2. The summed E-state index contributed by atoms with van der Waals surface area (Å²) < 4.78 is 21.3. The third kappa shape index (κ3) is 2.60. The van der Waals surface area contributed by atoms with Crippen LogP contribution in [0.15, 0.2) is 45.8 Å². The molecular weight excluding hydrogens is 348 g/mol. The zero-order chi connectivity index (χ0) is 17.6. The number of hydrogen-bond acceptors (Lipinski definition) is 6. The van der Waals surface area contributed by atoms with Crippen LogP contribution in [0.4, 0.5) is 0 Å². The van der Waals surface area contributed by atoms with Crippen molar-refractivity contribution in [2.75, 3.05) is 6.79 Å². The zero-order valence-electron chi connectivity index (χ0n) is 13.0. The maximum absolute atomic E-state index is 12.4. The Labute approximate surface area is 146 Å². The summed E-state index contributed by atoms with van der Waals surface area (Å²) in [5, 5.41) is 0.324. The molecule has 1 aliphatic rings.